The van der Waals surface area contributed by atoms with E-state index in [-0.39, 0.29) is 10.2 Å². The molecule has 1 N–H and O–H groups in total. The lowest BCUT2D eigenvalue weighted by molar-refractivity contribution is -0.137. The summed E-state index contributed by atoms with van der Waals surface area (Å²) >= 11 is 12.1. The zero-order chi connectivity index (χ0) is 26.0. The van der Waals surface area contributed by atoms with Crippen LogP contribution in [0.4, 0.5) is 18.9 Å². The summed E-state index contributed by atoms with van der Waals surface area (Å²) in [6.07, 6.45) is -2.82. The highest BCUT2D eigenvalue weighted by atomic mass is 35.5. The highest BCUT2D eigenvalue weighted by molar-refractivity contribution is 7.92. The molecular formula is C21H17Cl2F3N4O4S. The van der Waals surface area contributed by atoms with E-state index in [2.05, 4.69) is 15.5 Å². The van der Waals surface area contributed by atoms with Crippen LogP contribution in [0, 0.1) is 0 Å². The van der Waals surface area contributed by atoms with Crippen LogP contribution in [0.2, 0.25) is 10.2 Å². The number of anilines is 1. The Morgan fingerprint density at radius 1 is 1.20 bits per heavy atom. The van der Waals surface area contributed by atoms with E-state index in [1.807, 2.05) is 0 Å². The maximum absolute atomic E-state index is 13.1. The standard InChI is InChI=1S/C21H17Cl2F3N4O4S/c1-34-15-5-3-12-7-13(20(23)28-17(12)9-15)10-27-29-19(31)11-30(35(2,32)33)18-8-14(21(24,25)26)4-6-16(18)22/h3-10H,11H2,1-2H3,(H,29,31)/b27-10+. The number of benzene rings is 2. The van der Waals surface area contributed by atoms with Crippen LogP contribution in [0.25, 0.3) is 10.9 Å². The van der Waals surface area contributed by atoms with E-state index in [1.165, 1.54) is 13.3 Å². The number of methoxy groups -OCH3 is 1. The van der Waals surface area contributed by atoms with Crippen LogP contribution in [-0.2, 0) is 21.0 Å². The average molecular weight is 549 g/mol. The van der Waals surface area contributed by atoms with E-state index in [1.54, 1.807) is 24.3 Å². The quantitative estimate of drug-likeness (QED) is 0.266. The summed E-state index contributed by atoms with van der Waals surface area (Å²) in [6.45, 7) is -0.874. The fourth-order valence-electron chi connectivity index (χ4n) is 2.96. The van der Waals surface area contributed by atoms with Crippen molar-refractivity contribution in [2.24, 2.45) is 5.10 Å². The summed E-state index contributed by atoms with van der Waals surface area (Å²) in [5.74, 6) is -0.346. The minimum atomic E-state index is -4.74. The van der Waals surface area contributed by atoms with Crippen molar-refractivity contribution in [1.29, 1.82) is 0 Å². The molecule has 0 aliphatic heterocycles. The van der Waals surface area contributed by atoms with Crippen LogP contribution < -0.4 is 14.5 Å². The summed E-state index contributed by atoms with van der Waals surface area (Å²) < 4.78 is 69.3. The first kappa shape index (κ1) is 26.5. The number of carbonyl (C=O) groups excluding carboxylic acids is 1. The van der Waals surface area contributed by atoms with Gasteiger partial charge in [0.2, 0.25) is 10.0 Å². The van der Waals surface area contributed by atoms with Crippen molar-refractivity contribution in [2.45, 2.75) is 6.18 Å². The molecule has 1 heterocycles. The molecule has 0 fully saturated rings. The second kappa shape index (κ2) is 10.3. The number of hydrogen-bond acceptors (Lipinski definition) is 6. The number of ether oxygens (including phenoxy) is 1. The number of rotatable bonds is 7. The molecule has 3 aromatic rings. The van der Waals surface area contributed by atoms with Gasteiger partial charge in [-0.1, -0.05) is 23.2 Å². The summed E-state index contributed by atoms with van der Waals surface area (Å²) in [5, 5.41) is 4.25. The largest absolute Gasteiger partial charge is 0.497 e. The van der Waals surface area contributed by atoms with Crippen LogP contribution in [0.1, 0.15) is 11.1 Å². The Kier molecular flexibility index (Phi) is 7.77. The van der Waals surface area contributed by atoms with Crippen LogP contribution in [0.3, 0.4) is 0 Å². The number of nitrogens with one attached hydrogen (secondary N) is 1. The van der Waals surface area contributed by atoms with Gasteiger partial charge in [0.15, 0.2) is 0 Å². The van der Waals surface area contributed by atoms with E-state index in [9.17, 15) is 26.4 Å². The summed E-state index contributed by atoms with van der Waals surface area (Å²) in [4.78, 5) is 16.6. The normalized spacial score (nSPS) is 12.2. The number of pyridine rings is 1. The van der Waals surface area contributed by atoms with Gasteiger partial charge in [-0.15, -0.1) is 0 Å². The number of nitrogens with zero attached hydrogens (tertiary/aromatic N) is 3. The lowest BCUT2D eigenvalue weighted by Crippen LogP contribution is -2.39. The third kappa shape index (κ3) is 6.53. The Bertz CT molecular complexity index is 1420. The summed E-state index contributed by atoms with van der Waals surface area (Å²) in [6, 6.07) is 8.96. The maximum Gasteiger partial charge on any atom is 0.416 e. The van der Waals surface area contributed by atoms with Crippen molar-refractivity contribution >= 4 is 61.9 Å². The number of alkyl halides is 3. The van der Waals surface area contributed by atoms with Gasteiger partial charge in [0.1, 0.15) is 17.4 Å². The van der Waals surface area contributed by atoms with Crippen molar-refractivity contribution < 1.29 is 31.1 Å². The Hall–Kier alpha value is -3.09. The Morgan fingerprint density at radius 3 is 2.54 bits per heavy atom. The molecule has 1 amide bonds. The molecule has 0 spiro atoms. The SMILES string of the molecule is COc1ccc2cc(/C=N/NC(=O)CN(c3cc(C(F)(F)F)ccc3Cl)S(C)(=O)=O)c(Cl)nc2c1. The molecule has 0 aliphatic rings. The molecule has 8 nitrogen and oxygen atoms in total. The van der Waals surface area contributed by atoms with E-state index >= 15 is 0 Å². The fraction of sp³-hybridized carbons (Fsp3) is 0.190. The zero-order valence-corrected chi connectivity index (χ0v) is 20.4. The van der Waals surface area contributed by atoms with Gasteiger partial charge in [0.25, 0.3) is 5.91 Å². The number of aromatic nitrogens is 1. The number of fused-ring (bicyclic) bond motifs is 1. The van der Waals surface area contributed by atoms with E-state index < -0.39 is 39.9 Å². The summed E-state index contributed by atoms with van der Waals surface area (Å²) in [7, 11) is -2.67. The fourth-order valence-corrected chi connectivity index (χ4v) is 4.28. The van der Waals surface area contributed by atoms with E-state index in [0.29, 0.717) is 38.7 Å². The van der Waals surface area contributed by atoms with Crippen molar-refractivity contribution in [3.8, 4) is 5.75 Å². The highest BCUT2D eigenvalue weighted by Crippen LogP contribution is 2.36. The smallest absolute Gasteiger partial charge is 0.416 e. The first-order valence-electron chi connectivity index (χ1n) is 9.60. The van der Waals surface area contributed by atoms with Crippen LogP contribution in [0.5, 0.6) is 5.75 Å². The van der Waals surface area contributed by atoms with E-state index in [4.69, 9.17) is 27.9 Å². The van der Waals surface area contributed by atoms with E-state index in [0.717, 1.165) is 12.3 Å². The molecule has 2 aromatic carbocycles. The van der Waals surface area contributed by atoms with Gasteiger partial charge < -0.3 is 4.74 Å². The molecule has 0 aliphatic carbocycles. The zero-order valence-electron chi connectivity index (χ0n) is 18.1. The van der Waals surface area contributed by atoms with Crippen LogP contribution in [-0.4, -0.2) is 45.4 Å². The van der Waals surface area contributed by atoms with Crippen molar-refractivity contribution in [3.05, 3.63) is 63.8 Å². The average Bonchev–Trinajstić information content (AvgIpc) is 2.76. The molecule has 186 valence electrons. The molecule has 0 radical (unpaired) electrons. The molecule has 0 atom stereocenters. The Labute approximate surface area is 208 Å². The van der Waals surface area contributed by atoms with Gasteiger partial charge in [-0.05, 0) is 36.4 Å². The van der Waals surface area contributed by atoms with Gasteiger partial charge in [0.05, 0.1) is 41.4 Å². The third-order valence-electron chi connectivity index (χ3n) is 4.63. The Balaban J connectivity index is 1.80. The highest BCUT2D eigenvalue weighted by Gasteiger charge is 2.33. The van der Waals surface area contributed by atoms with Crippen molar-refractivity contribution in [1.82, 2.24) is 10.4 Å². The predicted molar refractivity (Wildman–Crippen MR) is 128 cm³/mol. The number of carbonyl (C=O) groups is 1. The first-order valence-corrected chi connectivity index (χ1v) is 12.2. The van der Waals surface area contributed by atoms with Crippen LogP contribution >= 0.6 is 23.2 Å². The van der Waals surface area contributed by atoms with Gasteiger partial charge >= 0.3 is 6.18 Å². The first-order chi connectivity index (χ1) is 16.3. The molecular weight excluding hydrogens is 532 g/mol. The van der Waals surface area contributed by atoms with Gasteiger partial charge in [-0.3, -0.25) is 9.10 Å². The molecule has 3 rings (SSSR count). The minimum Gasteiger partial charge on any atom is -0.497 e. The predicted octanol–water partition coefficient (Wildman–Crippen LogP) is 4.49. The number of halogens is 5. The molecule has 1 aromatic heterocycles. The molecule has 0 bridgehead atoms. The number of sulfonamides is 1. The third-order valence-corrected chi connectivity index (χ3v) is 6.38. The lowest BCUT2D eigenvalue weighted by atomic mass is 10.1. The molecule has 0 unspecified atom stereocenters. The molecule has 0 saturated carbocycles. The van der Waals surface area contributed by atoms with Gasteiger partial charge in [-0.2, -0.15) is 18.3 Å². The van der Waals surface area contributed by atoms with Crippen molar-refractivity contribution in [3.63, 3.8) is 0 Å². The second-order valence-electron chi connectivity index (χ2n) is 7.15. The number of amides is 1. The maximum atomic E-state index is 13.1. The number of hydrazone groups is 1. The minimum absolute atomic E-state index is 0.0808. The molecule has 35 heavy (non-hydrogen) atoms. The van der Waals surface area contributed by atoms with Gasteiger partial charge in [-0.25, -0.2) is 18.8 Å². The van der Waals surface area contributed by atoms with Crippen molar-refractivity contribution in [2.75, 3.05) is 24.2 Å². The van der Waals surface area contributed by atoms with Gasteiger partial charge in [0, 0.05) is 17.0 Å². The second-order valence-corrected chi connectivity index (χ2v) is 9.83. The number of hydrogen-bond donors (Lipinski definition) is 1. The topological polar surface area (TPSA) is 101 Å². The molecule has 14 heteroatoms. The summed E-state index contributed by atoms with van der Waals surface area (Å²) in [5.41, 5.74) is 1.41. The monoisotopic (exact) mass is 548 g/mol. The molecule has 0 saturated heterocycles. The van der Waals surface area contributed by atoms with Crippen LogP contribution in [0.15, 0.2) is 47.6 Å². The lowest BCUT2D eigenvalue weighted by Gasteiger charge is -2.23. The Morgan fingerprint density at radius 2 is 1.91 bits per heavy atom.